The lowest BCUT2D eigenvalue weighted by Crippen LogP contribution is -2.52. The predicted molar refractivity (Wildman–Crippen MR) is 101 cm³/mol. The van der Waals surface area contributed by atoms with Gasteiger partial charge in [0.05, 0.1) is 13.2 Å². The van der Waals surface area contributed by atoms with Crippen molar-refractivity contribution in [2.45, 2.75) is 32.0 Å². The molecule has 0 unspecified atom stereocenters. The van der Waals surface area contributed by atoms with E-state index in [1.165, 1.54) is 11.1 Å². The van der Waals surface area contributed by atoms with Crippen LogP contribution in [0.2, 0.25) is 0 Å². The van der Waals surface area contributed by atoms with E-state index in [0.717, 1.165) is 19.5 Å². The Kier molecular flexibility index (Phi) is 4.23. The highest BCUT2D eigenvalue weighted by molar-refractivity contribution is 5.75. The molecule has 28 heavy (non-hydrogen) atoms. The second kappa shape index (κ2) is 6.65. The summed E-state index contributed by atoms with van der Waals surface area (Å²) in [6.07, 6.45) is 0.773. The van der Waals surface area contributed by atoms with Crippen LogP contribution in [0.3, 0.4) is 0 Å². The fourth-order valence-electron chi connectivity index (χ4n) is 4.88. The van der Waals surface area contributed by atoms with Gasteiger partial charge in [0.15, 0.2) is 5.60 Å². The molecule has 1 aromatic carbocycles. The maximum absolute atomic E-state index is 12.4. The highest BCUT2D eigenvalue weighted by Crippen LogP contribution is 2.53. The molecule has 1 N–H and O–H groups in total. The summed E-state index contributed by atoms with van der Waals surface area (Å²) in [6, 6.07) is 8.23. The third-order valence-electron chi connectivity index (χ3n) is 6.66. The van der Waals surface area contributed by atoms with E-state index in [9.17, 15) is 9.59 Å². The van der Waals surface area contributed by atoms with Gasteiger partial charge in [-0.1, -0.05) is 24.3 Å². The third-order valence-corrected chi connectivity index (χ3v) is 6.66. The number of piperidine rings is 1. The number of hydrogen-bond acceptors (Lipinski definition) is 4. The second-order valence-corrected chi connectivity index (χ2v) is 8.85. The molecule has 3 fully saturated rings. The number of amides is 3. The van der Waals surface area contributed by atoms with E-state index >= 15 is 0 Å². The zero-order valence-electron chi connectivity index (χ0n) is 16.2. The number of ether oxygens (including phenoxy) is 2. The summed E-state index contributed by atoms with van der Waals surface area (Å²) in [5, 5.41) is 3.07. The van der Waals surface area contributed by atoms with Crippen LogP contribution in [-0.2, 0) is 22.6 Å². The standard InChI is InChI=1S/C21H27N3O4/c1-21(12-27-13-21)28-20(26)24-10-17-16(18(17)11-24)6-7-22-19(25)23-8-14-4-2-3-5-15(14)9-23/h2-5,16-18H,6-13H2,1H3,(H,22,25)/t16-,17-,18+. The Balaban J connectivity index is 1.01. The second-order valence-electron chi connectivity index (χ2n) is 8.85. The van der Waals surface area contributed by atoms with Crippen LogP contribution in [0, 0.1) is 17.8 Å². The Hall–Kier alpha value is -2.28. The topological polar surface area (TPSA) is 71.1 Å². The number of rotatable bonds is 4. The highest BCUT2D eigenvalue weighted by atomic mass is 16.6. The zero-order chi connectivity index (χ0) is 19.3. The molecule has 7 heteroatoms. The minimum atomic E-state index is -0.442. The van der Waals surface area contributed by atoms with Crippen LogP contribution < -0.4 is 5.32 Å². The van der Waals surface area contributed by atoms with Crippen molar-refractivity contribution in [1.82, 2.24) is 15.1 Å². The first-order valence-electron chi connectivity index (χ1n) is 10.2. The van der Waals surface area contributed by atoms with Crippen molar-refractivity contribution >= 4 is 12.1 Å². The summed E-state index contributed by atoms with van der Waals surface area (Å²) in [7, 11) is 0. The highest BCUT2D eigenvalue weighted by Gasteiger charge is 2.56. The number of nitrogens with zero attached hydrogens (tertiary/aromatic N) is 2. The fraction of sp³-hybridized carbons (Fsp3) is 0.619. The Labute approximate surface area is 165 Å². The molecule has 4 aliphatic rings. The van der Waals surface area contributed by atoms with E-state index in [-0.39, 0.29) is 12.1 Å². The van der Waals surface area contributed by atoms with Crippen molar-refractivity contribution in [3.8, 4) is 0 Å². The van der Waals surface area contributed by atoms with Gasteiger partial charge in [0, 0.05) is 32.7 Å². The molecule has 1 aromatic rings. The normalized spacial score (nSPS) is 29.0. The van der Waals surface area contributed by atoms with Crippen LogP contribution in [0.25, 0.3) is 0 Å². The van der Waals surface area contributed by atoms with Gasteiger partial charge in [0.1, 0.15) is 0 Å². The van der Waals surface area contributed by atoms with Gasteiger partial charge in [0.25, 0.3) is 0 Å². The van der Waals surface area contributed by atoms with Crippen LogP contribution >= 0.6 is 0 Å². The number of carbonyl (C=O) groups is 2. The fourth-order valence-corrected chi connectivity index (χ4v) is 4.88. The van der Waals surface area contributed by atoms with Crippen LogP contribution in [0.15, 0.2) is 24.3 Å². The third kappa shape index (κ3) is 3.21. The first kappa shape index (κ1) is 17.8. The van der Waals surface area contributed by atoms with E-state index in [2.05, 4.69) is 17.4 Å². The van der Waals surface area contributed by atoms with E-state index < -0.39 is 5.60 Å². The molecular weight excluding hydrogens is 358 g/mol. The molecule has 0 aromatic heterocycles. The molecule has 2 saturated heterocycles. The lowest BCUT2D eigenvalue weighted by Gasteiger charge is -2.38. The van der Waals surface area contributed by atoms with Gasteiger partial charge in [-0.2, -0.15) is 0 Å². The Bertz CT molecular complexity index is 757. The lowest BCUT2D eigenvalue weighted by atomic mass is 10.1. The molecule has 3 amide bonds. The number of hydrogen-bond donors (Lipinski definition) is 1. The van der Waals surface area contributed by atoms with Gasteiger partial charge in [-0.05, 0) is 42.2 Å². The monoisotopic (exact) mass is 385 g/mol. The van der Waals surface area contributed by atoms with Crippen molar-refractivity contribution in [3.63, 3.8) is 0 Å². The molecule has 3 atom stereocenters. The number of carbonyl (C=O) groups excluding carboxylic acids is 2. The summed E-state index contributed by atoms with van der Waals surface area (Å²) in [5.41, 5.74) is 2.04. The molecular formula is C21H27N3O4. The van der Waals surface area contributed by atoms with Crippen LogP contribution in [0.5, 0.6) is 0 Å². The minimum absolute atomic E-state index is 0.0168. The van der Waals surface area contributed by atoms with Crippen molar-refractivity contribution < 1.29 is 19.1 Å². The smallest absolute Gasteiger partial charge is 0.410 e. The summed E-state index contributed by atoms with van der Waals surface area (Å²) in [6.45, 7) is 6.53. The average molecular weight is 385 g/mol. The molecule has 7 nitrogen and oxygen atoms in total. The number of urea groups is 1. The summed E-state index contributed by atoms with van der Waals surface area (Å²) < 4.78 is 10.7. The van der Waals surface area contributed by atoms with Crippen LogP contribution in [0.4, 0.5) is 9.59 Å². The molecule has 0 bridgehead atoms. The van der Waals surface area contributed by atoms with Crippen molar-refractivity contribution in [2.75, 3.05) is 32.8 Å². The Morgan fingerprint density at radius 2 is 1.79 bits per heavy atom. The lowest BCUT2D eigenvalue weighted by molar-refractivity contribution is -0.171. The molecule has 1 aliphatic carbocycles. The van der Waals surface area contributed by atoms with Crippen LogP contribution in [0.1, 0.15) is 24.5 Å². The van der Waals surface area contributed by atoms with Gasteiger partial charge in [-0.15, -0.1) is 0 Å². The van der Waals surface area contributed by atoms with Crippen molar-refractivity contribution in [3.05, 3.63) is 35.4 Å². The number of fused-ring (bicyclic) bond motifs is 2. The van der Waals surface area contributed by atoms with Gasteiger partial charge in [0.2, 0.25) is 0 Å². The Morgan fingerprint density at radius 3 is 2.36 bits per heavy atom. The predicted octanol–water partition coefficient (Wildman–Crippen LogP) is 2.21. The average Bonchev–Trinajstić information content (AvgIpc) is 3.05. The first-order valence-corrected chi connectivity index (χ1v) is 10.2. The molecule has 0 spiro atoms. The van der Waals surface area contributed by atoms with Gasteiger partial charge >= 0.3 is 12.1 Å². The molecule has 3 heterocycles. The van der Waals surface area contributed by atoms with E-state index in [0.29, 0.717) is 50.6 Å². The summed E-state index contributed by atoms with van der Waals surface area (Å²) in [5.74, 6) is 1.74. The van der Waals surface area contributed by atoms with E-state index in [1.807, 2.05) is 28.9 Å². The van der Waals surface area contributed by atoms with E-state index in [1.54, 1.807) is 0 Å². The van der Waals surface area contributed by atoms with Crippen molar-refractivity contribution in [1.29, 1.82) is 0 Å². The largest absolute Gasteiger partial charge is 0.438 e. The van der Waals surface area contributed by atoms with Crippen LogP contribution in [-0.4, -0.2) is 60.4 Å². The van der Waals surface area contributed by atoms with Gasteiger partial charge < -0.3 is 24.6 Å². The first-order chi connectivity index (χ1) is 13.5. The SMILES string of the molecule is CC1(OC(=O)N2C[C@@H]3[C@@H](CCNC(=O)N4Cc5ccccc5C4)[C@@H]3C2)COC1. The molecule has 150 valence electrons. The molecule has 3 aliphatic heterocycles. The van der Waals surface area contributed by atoms with E-state index in [4.69, 9.17) is 9.47 Å². The van der Waals surface area contributed by atoms with Crippen molar-refractivity contribution in [2.24, 2.45) is 17.8 Å². The zero-order valence-corrected chi connectivity index (χ0v) is 16.2. The van der Waals surface area contributed by atoms with Gasteiger partial charge in [-0.3, -0.25) is 0 Å². The number of nitrogens with one attached hydrogen (secondary N) is 1. The molecule has 5 rings (SSSR count). The quantitative estimate of drug-likeness (QED) is 0.863. The maximum Gasteiger partial charge on any atom is 0.410 e. The summed E-state index contributed by atoms with van der Waals surface area (Å²) >= 11 is 0. The summed E-state index contributed by atoms with van der Waals surface area (Å²) in [4.78, 5) is 28.4. The molecule has 1 saturated carbocycles. The Morgan fingerprint density at radius 1 is 1.14 bits per heavy atom. The number of likely N-dealkylation sites (tertiary alicyclic amines) is 1. The maximum atomic E-state index is 12.4. The van der Waals surface area contributed by atoms with Gasteiger partial charge in [-0.25, -0.2) is 9.59 Å². The number of benzene rings is 1. The molecule has 0 radical (unpaired) electrons. The minimum Gasteiger partial charge on any atom is -0.438 e.